The SMILES string of the molecule is CCCCCCCCOc1cnc(-c2ccc(OC(=O)c3ccc(F)c(F)c3)cc2)nc1. The minimum atomic E-state index is -1.11. The van der Waals surface area contributed by atoms with Gasteiger partial charge < -0.3 is 9.47 Å². The predicted molar refractivity (Wildman–Crippen MR) is 118 cm³/mol. The van der Waals surface area contributed by atoms with Gasteiger partial charge in [0.15, 0.2) is 23.2 Å². The Labute approximate surface area is 186 Å². The van der Waals surface area contributed by atoms with E-state index < -0.39 is 17.6 Å². The Morgan fingerprint density at radius 3 is 2.22 bits per heavy atom. The van der Waals surface area contributed by atoms with Crippen molar-refractivity contribution in [3.05, 3.63) is 72.1 Å². The van der Waals surface area contributed by atoms with Crippen molar-refractivity contribution < 1.29 is 23.0 Å². The molecular formula is C25H26F2N2O3. The molecule has 168 valence electrons. The van der Waals surface area contributed by atoms with Crippen LogP contribution in [0.1, 0.15) is 55.8 Å². The Balaban J connectivity index is 1.50. The molecule has 0 saturated carbocycles. The van der Waals surface area contributed by atoms with Gasteiger partial charge in [-0.3, -0.25) is 0 Å². The number of esters is 1. The molecule has 0 aliphatic rings. The van der Waals surface area contributed by atoms with Crippen LogP contribution in [0.2, 0.25) is 0 Å². The third kappa shape index (κ3) is 6.83. The molecule has 32 heavy (non-hydrogen) atoms. The van der Waals surface area contributed by atoms with Crippen LogP contribution in [0.4, 0.5) is 8.78 Å². The van der Waals surface area contributed by atoms with E-state index in [-0.39, 0.29) is 11.3 Å². The first kappa shape index (κ1) is 23.3. The highest BCUT2D eigenvalue weighted by atomic mass is 19.2. The number of carbonyl (C=O) groups excluding carboxylic acids is 1. The van der Waals surface area contributed by atoms with E-state index >= 15 is 0 Å². The minimum Gasteiger partial charge on any atom is -0.490 e. The number of hydrogen-bond acceptors (Lipinski definition) is 5. The summed E-state index contributed by atoms with van der Waals surface area (Å²) in [4.78, 5) is 20.7. The van der Waals surface area contributed by atoms with Crippen molar-refractivity contribution in [2.24, 2.45) is 0 Å². The van der Waals surface area contributed by atoms with E-state index in [1.54, 1.807) is 36.7 Å². The van der Waals surface area contributed by atoms with Gasteiger partial charge in [0.05, 0.1) is 24.6 Å². The molecule has 1 aromatic heterocycles. The summed E-state index contributed by atoms with van der Waals surface area (Å²) in [5.41, 5.74) is 0.660. The van der Waals surface area contributed by atoms with Crippen molar-refractivity contribution in [2.45, 2.75) is 45.4 Å². The monoisotopic (exact) mass is 440 g/mol. The van der Waals surface area contributed by atoms with Crippen LogP contribution in [-0.4, -0.2) is 22.5 Å². The molecular weight excluding hydrogens is 414 g/mol. The second-order valence-corrected chi connectivity index (χ2v) is 7.40. The highest BCUT2D eigenvalue weighted by molar-refractivity contribution is 5.91. The van der Waals surface area contributed by atoms with E-state index in [9.17, 15) is 13.6 Å². The number of carbonyl (C=O) groups is 1. The number of benzene rings is 2. The lowest BCUT2D eigenvalue weighted by Gasteiger charge is -2.07. The molecule has 0 saturated heterocycles. The summed E-state index contributed by atoms with van der Waals surface area (Å²) in [5.74, 6) is -1.51. The highest BCUT2D eigenvalue weighted by Gasteiger charge is 2.12. The molecule has 0 fully saturated rings. The molecule has 3 rings (SSSR count). The van der Waals surface area contributed by atoms with Gasteiger partial charge in [-0.05, 0) is 48.9 Å². The quantitative estimate of drug-likeness (QED) is 0.197. The van der Waals surface area contributed by atoms with Gasteiger partial charge in [0.25, 0.3) is 0 Å². The minimum absolute atomic E-state index is 0.0761. The van der Waals surface area contributed by atoms with Crippen molar-refractivity contribution in [3.8, 4) is 22.9 Å². The zero-order valence-electron chi connectivity index (χ0n) is 18.0. The standard InChI is InChI=1S/C25H26F2N2O3/c1-2-3-4-5-6-7-14-31-21-16-28-24(29-17-21)18-8-11-20(12-9-18)32-25(30)19-10-13-22(26)23(27)15-19/h8-13,15-17H,2-7,14H2,1H3. The van der Waals surface area contributed by atoms with E-state index in [2.05, 4.69) is 16.9 Å². The largest absolute Gasteiger partial charge is 0.490 e. The van der Waals surface area contributed by atoms with Crippen molar-refractivity contribution >= 4 is 5.97 Å². The van der Waals surface area contributed by atoms with Crippen LogP contribution in [0.5, 0.6) is 11.5 Å². The number of hydrogen-bond donors (Lipinski definition) is 0. The first-order valence-corrected chi connectivity index (χ1v) is 10.8. The molecule has 1 heterocycles. The van der Waals surface area contributed by atoms with Gasteiger partial charge in [0.2, 0.25) is 0 Å². The maximum atomic E-state index is 13.3. The summed E-state index contributed by atoms with van der Waals surface area (Å²) in [6.45, 7) is 2.85. The molecule has 0 amide bonds. The van der Waals surface area contributed by atoms with Gasteiger partial charge in [-0.15, -0.1) is 0 Å². The van der Waals surface area contributed by atoms with Gasteiger partial charge in [0, 0.05) is 5.56 Å². The Morgan fingerprint density at radius 2 is 1.53 bits per heavy atom. The number of unbranched alkanes of at least 4 members (excludes halogenated alkanes) is 5. The van der Waals surface area contributed by atoms with Crippen LogP contribution < -0.4 is 9.47 Å². The summed E-state index contributed by atoms with van der Waals surface area (Å²) >= 11 is 0. The zero-order chi connectivity index (χ0) is 22.8. The highest BCUT2D eigenvalue weighted by Crippen LogP contribution is 2.21. The second-order valence-electron chi connectivity index (χ2n) is 7.40. The van der Waals surface area contributed by atoms with Crippen LogP contribution in [0, 0.1) is 11.6 Å². The maximum Gasteiger partial charge on any atom is 0.343 e. The van der Waals surface area contributed by atoms with Crippen LogP contribution in [-0.2, 0) is 0 Å². The number of rotatable bonds is 11. The molecule has 2 aromatic carbocycles. The lowest BCUT2D eigenvalue weighted by atomic mass is 10.1. The Bertz CT molecular complexity index is 1010. The molecule has 7 heteroatoms. The van der Waals surface area contributed by atoms with Gasteiger partial charge >= 0.3 is 5.97 Å². The molecule has 0 spiro atoms. The van der Waals surface area contributed by atoms with Crippen LogP contribution in [0.15, 0.2) is 54.9 Å². The van der Waals surface area contributed by atoms with Gasteiger partial charge in [-0.1, -0.05) is 39.0 Å². The third-order valence-electron chi connectivity index (χ3n) is 4.87. The van der Waals surface area contributed by atoms with Crippen molar-refractivity contribution in [1.82, 2.24) is 9.97 Å². The molecule has 0 N–H and O–H groups in total. The van der Waals surface area contributed by atoms with Crippen molar-refractivity contribution in [1.29, 1.82) is 0 Å². The van der Waals surface area contributed by atoms with E-state index in [0.29, 0.717) is 18.2 Å². The molecule has 0 radical (unpaired) electrons. The van der Waals surface area contributed by atoms with Crippen LogP contribution >= 0.6 is 0 Å². The fourth-order valence-corrected chi connectivity index (χ4v) is 3.07. The van der Waals surface area contributed by atoms with Crippen LogP contribution in [0.3, 0.4) is 0 Å². The zero-order valence-corrected chi connectivity index (χ0v) is 18.0. The number of nitrogens with zero attached hydrogens (tertiary/aromatic N) is 2. The average Bonchev–Trinajstić information content (AvgIpc) is 2.81. The summed E-state index contributed by atoms with van der Waals surface area (Å²) in [6.07, 6.45) is 10.5. The molecule has 3 aromatic rings. The normalized spacial score (nSPS) is 10.7. The fourth-order valence-electron chi connectivity index (χ4n) is 3.07. The van der Waals surface area contributed by atoms with Crippen molar-refractivity contribution in [3.63, 3.8) is 0 Å². The van der Waals surface area contributed by atoms with E-state index in [1.165, 1.54) is 31.7 Å². The molecule has 5 nitrogen and oxygen atoms in total. The van der Waals surface area contributed by atoms with Crippen LogP contribution in [0.25, 0.3) is 11.4 Å². The smallest absolute Gasteiger partial charge is 0.343 e. The Kier molecular flexibility index (Phi) is 8.66. The van der Waals surface area contributed by atoms with E-state index in [4.69, 9.17) is 9.47 Å². The first-order valence-electron chi connectivity index (χ1n) is 10.8. The van der Waals surface area contributed by atoms with Crippen molar-refractivity contribution in [2.75, 3.05) is 6.61 Å². The van der Waals surface area contributed by atoms with E-state index in [0.717, 1.165) is 30.5 Å². The van der Waals surface area contributed by atoms with Gasteiger partial charge in [-0.2, -0.15) is 0 Å². The molecule has 0 unspecified atom stereocenters. The Morgan fingerprint density at radius 1 is 0.844 bits per heavy atom. The second kappa shape index (κ2) is 11.9. The topological polar surface area (TPSA) is 61.3 Å². The maximum absolute atomic E-state index is 13.3. The average molecular weight is 440 g/mol. The van der Waals surface area contributed by atoms with E-state index in [1.807, 2.05) is 0 Å². The summed E-state index contributed by atoms with van der Waals surface area (Å²) in [6, 6.07) is 9.43. The first-order chi connectivity index (χ1) is 15.6. The molecule has 0 aliphatic carbocycles. The molecule has 0 aliphatic heterocycles. The Hall–Kier alpha value is -3.35. The number of halogens is 2. The predicted octanol–water partition coefficient (Wildman–Crippen LogP) is 6.38. The molecule has 0 atom stereocenters. The van der Waals surface area contributed by atoms with Gasteiger partial charge in [0.1, 0.15) is 5.75 Å². The lowest BCUT2D eigenvalue weighted by molar-refractivity contribution is 0.0734. The summed E-state index contributed by atoms with van der Waals surface area (Å²) in [7, 11) is 0. The molecule has 0 bridgehead atoms. The third-order valence-corrected chi connectivity index (χ3v) is 4.87. The fraction of sp³-hybridized carbons (Fsp3) is 0.320. The number of aromatic nitrogens is 2. The summed E-state index contributed by atoms with van der Waals surface area (Å²) < 4.78 is 37.2. The van der Waals surface area contributed by atoms with Gasteiger partial charge in [-0.25, -0.2) is 23.5 Å². The number of ether oxygens (including phenoxy) is 2. The summed E-state index contributed by atoms with van der Waals surface area (Å²) in [5, 5.41) is 0. The lowest BCUT2D eigenvalue weighted by Crippen LogP contribution is -2.09.